The van der Waals surface area contributed by atoms with Crippen LogP contribution in [-0.2, 0) is 20.9 Å². The van der Waals surface area contributed by atoms with E-state index < -0.39 is 18.2 Å². The summed E-state index contributed by atoms with van der Waals surface area (Å²) in [6.07, 6.45) is 1.48. The van der Waals surface area contributed by atoms with Crippen LogP contribution >= 0.6 is 0 Å². The Morgan fingerprint density at radius 2 is 2.14 bits per heavy atom. The van der Waals surface area contributed by atoms with Gasteiger partial charge in [0.25, 0.3) is 0 Å². The standard InChI is InChI=1S/C16H20N2O4/c1-12(10-19)17-15(20)14-8-5-9-18(14)16(21)22-11-13-6-3-2-4-7-13/h2-4,6-7,10,12,14H,5,8-9,11H2,1H3,(H,17,20)/t12?,14-/m0/s1. The molecule has 0 aliphatic carbocycles. The van der Waals surface area contributed by atoms with Crippen molar-refractivity contribution in [2.24, 2.45) is 0 Å². The Kier molecular flexibility index (Phi) is 5.52. The van der Waals surface area contributed by atoms with Crippen LogP contribution in [0.25, 0.3) is 0 Å². The van der Waals surface area contributed by atoms with E-state index in [1.807, 2.05) is 30.3 Å². The lowest BCUT2D eigenvalue weighted by Gasteiger charge is -2.24. The summed E-state index contributed by atoms with van der Waals surface area (Å²) in [5, 5.41) is 2.57. The molecule has 2 atom stereocenters. The van der Waals surface area contributed by atoms with Crippen LogP contribution in [0.3, 0.4) is 0 Å². The quantitative estimate of drug-likeness (QED) is 0.836. The van der Waals surface area contributed by atoms with Crippen LogP contribution < -0.4 is 5.32 Å². The number of benzene rings is 1. The van der Waals surface area contributed by atoms with Crippen molar-refractivity contribution in [1.29, 1.82) is 0 Å². The van der Waals surface area contributed by atoms with Crippen molar-refractivity contribution in [3.63, 3.8) is 0 Å². The molecule has 1 N–H and O–H groups in total. The number of carbonyl (C=O) groups is 3. The van der Waals surface area contributed by atoms with Crippen LogP contribution in [0.4, 0.5) is 4.79 Å². The molecule has 1 saturated heterocycles. The Morgan fingerprint density at radius 3 is 2.82 bits per heavy atom. The topological polar surface area (TPSA) is 75.7 Å². The first-order valence-corrected chi connectivity index (χ1v) is 7.35. The Labute approximate surface area is 129 Å². The molecule has 6 heteroatoms. The molecular formula is C16H20N2O4. The lowest BCUT2D eigenvalue weighted by Crippen LogP contribution is -2.48. The smallest absolute Gasteiger partial charge is 0.410 e. The molecule has 0 spiro atoms. The van der Waals surface area contributed by atoms with Crippen molar-refractivity contribution in [2.75, 3.05) is 6.54 Å². The van der Waals surface area contributed by atoms with E-state index in [4.69, 9.17) is 4.74 Å². The van der Waals surface area contributed by atoms with Gasteiger partial charge in [-0.3, -0.25) is 9.69 Å². The second kappa shape index (κ2) is 7.59. The lowest BCUT2D eigenvalue weighted by molar-refractivity contribution is -0.127. The number of likely N-dealkylation sites (tertiary alicyclic amines) is 1. The maximum absolute atomic E-state index is 12.1. The van der Waals surface area contributed by atoms with Crippen molar-refractivity contribution < 1.29 is 19.1 Å². The predicted molar refractivity (Wildman–Crippen MR) is 80.0 cm³/mol. The fraction of sp³-hybridized carbons (Fsp3) is 0.438. The highest BCUT2D eigenvalue weighted by Crippen LogP contribution is 2.19. The highest BCUT2D eigenvalue weighted by atomic mass is 16.6. The molecule has 1 aliphatic heterocycles. The lowest BCUT2D eigenvalue weighted by atomic mass is 10.2. The average Bonchev–Trinajstić information content (AvgIpc) is 3.03. The minimum Gasteiger partial charge on any atom is -0.445 e. The summed E-state index contributed by atoms with van der Waals surface area (Å²) in [4.78, 5) is 36.3. The number of carbonyl (C=O) groups excluding carboxylic acids is 3. The van der Waals surface area contributed by atoms with Gasteiger partial charge in [-0.15, -0.1) is 0 Å². The Balaban J connectivity index is 1.90. The van der Waals surface area contributed by atoms with Crippen molar-refractivity contribution >= 4 is 18.3 Å². The minimum atomic E-state index is -0.564. The Bertz CT molecular complexity index is 532. The van der Waals surface area contributed by atoms with E-state index in [0.29, 0.717) is 19.3 Å². The zero-order valence-electron chi connectivity index (χ0n) is 12.5. The van der Waals surface area contributed by atoms with Crippen molar-refractivity contribution in [3.8, 4) is 0 Å². The molecule has 0 saturated carbocycles. The van der Waals surface area contributed by atoms with Crippen molar-refractivity contribution in [2.45, 2.75) is 38.5 Å². The van der Waals surface area contributed by atoms with E-state index in [1.54, 1.807) is 6.92 Å². The van der Waals surface area contributed by atoms with Gasteiger partial charge >= 0.3 is 6.09 Å². The monoisotopic (exact) mass is 304 g/mol. The van der Waals surface area contributed by atoms with Gasteiger partial charge in [-0.1, -0.05) is 30.3 Å². The number of nitrogens with one attached hydrogen (secondary N) is 1. The van der Waals surface area contributed by atoms with Gasteiger partial charge in [0.1, 0.15) is 18.9 Å². The summed E-state index contributed by atoms with van der Waals surface area (Å²) in [5.41, 5.74) is 0.894. The van der Waals surface area contributed by atoms with Gasteiger partial charge in [0.15, 0.2) is 0 Å². The molecule has 0 bridgehead atoms. The van der Waals surface area contributed by atoms with Gasteiger partial charge in [-0.2, -0.15) is 0 Å². The zero-order valence-corrected chi connectivity index (χ0v) is 12.5. The number of aldehydes is 1. The summed E-state index contributed by atoms with van der Waals surface area (Å²) in [7, 11) is 0. The Hall–Kier alpha value is -2.37. The summed E-state index contributed by atoms with van der Waals surface area (Å²) in [5.74, 6) is -0.311. The first-order chi connectivity index (χ1) is 10.6. The molecule has 0 radical (unpaired) electrons. The first kappa shape index (κ1) is 16.0. The molecule has 0 aromatic heterocycles. The second-order valence-electron chi connectivity index (χ2n) is 5.32. The van der Waals surface area contributed by atoms with Crippen molar-refractivity contribution in [3.05, 3.63) is 35.9 Å². The van der Waals surface area contributed by atoms with E-state index in [1.165, 1.54) is 4.90 Å². The molecule has 6 nitrogen and oxygen atoms in total. The van der Waals surface area contributed by atoms with E-state index >= 15 is 0 Å². The van der Waals surface area contributed by atoms with E-state index in [2.05, 4.69) is 5.32 Å². The van der Waals surface area contributed by atoms with Crippen LogP contribution in [0.1, 0.15) is 25.3 Å². The molecule has 1 aliphatic rings. The van der Waals surface area contributed by atoms with Crippen LogP contribution in [0.5, 0.6) is 0 Å². The number of hydrogen-bond donors (Lipinski definition) is 1. The molecule has 2 amide bonds. The summed E-state index contributed by atoms with van der Waals surface area (Å²) in [6, 6.07) is 8.24. The highest BCUT2D eigenvalue weighted by Gasteiger charge is 2.35. The van der Waals surface area contributed by atoms with E-state index in [-0.39, 0.29) is 12.5 Å². The summed E-state index contributed by atoms with van der Waals surface area (Å²) in [6.45, 7) is 2.26. The molecule has 1 heterocycles. The van der Waals surface area contributed by atoms with Gasteiger partial charge in [0, 0.05) is 6.54 Å². The van der Waals surface area contributed by atoms with E-state index in [0.717, 1.165) is 12.0 Å². The fourth-order valence-corrected chi connectivity index (χ4v) is 2.41. The third-order valence-electron chi connectivity index (χ3n) is 3.57. The normalized spacial score (nSPS) is 18.6. The SMILES string of the molecule is CC(C=O)NC(=O)[C@@H]1CCCN1C(=O)OCc1ccccc1. The number of ether oxygens (including phenoxy) is 1. The third-order valence-corrected chi connectivity index (χ3v) is 3.57. The van der Waals surface area contributed by atoms with Crippen LogP contribution in [0.15, 0.2) is 30.3 Å². The molecule has 1 aromatic rings. The van der Waals surface area contributed by atoms with Crippen LogP contribution in [0, 0.1) is 0 Å². The largest absolute Gasteiger partial charge is 0.445 e. The Morgan fingerprint density at radius 1 is 1.41 bits per heavy atom. The number of amides is 2. The third kappa shape index (κ3) is 4.07. The molecule has 1 fully saturated rings. The zero-order chi connectivity index (χ0) is 15.9. The van der Waals surface area contributed by atoms with Gasteiger partial charge in [0.05, 0.1) is 6.04 Å². The van der Waals surface area contributed by atoms with Crippen molar-refractivity contribution in [1.82, 2.24) is 10.2 Å². The molecule has 2 rings (SSSR count). The average molecular weight is 304 g/mol. The molecular weight excluding hydrogens is 284 g/mol. The minimum absolute atomic E-state index is 0.176. The number of rotatable bonds is 5. The van der Waals surface area contributed by atoms with Gasteiger partial charge in [0.2, 0.25) is 5.91 Å². The van der Waals surface area contributed by atoms with Gasteiger partial charge in [-0.25, -0.2) is 4.79 Å². The second-order valence-corrected chi connectivity index (χ2v) is 5.32. The van der Waals surface area contributed by atoms with Crippen LogP contribution in [0.2, 0.25) is 0 Å². The maximum Gasteiger partial charge on any atom is 0.410 e. The van der Waals surface area contributed by atoms with Gasteiger partial charge < -0.3 is 14.8 Å². The predicted octanol–water partition coefficient (Wildman–Crippen LogP) is 1.49. The molecule has 1 aromatic carbocycles. The van der Waals surface area contributed by atoms with Crippen LogP contribution in [-0.4, -0.2) is 41.8 Å². The summed E-state index contributed by atoms with van der Waals surface area (Å²) >= 11 is 0. The number of nitrogens with zero attached hydrogens (tertiary/aromatic N) is 1. The van der Waals surface area contributed by atoms with E-state index in [9.17, 15) is 14.4 Å². The molecule has 118 valence electrons. The van der Waals surface area contributed by atoms with Gasteiger partial charge in [-0.05, 0) is 25.3 Å². The maximum atomic E-state index is 12.1. The molecule has 22 heavy (non-hydrogen) atoms. The highest BCUT2D eigenvalue weighted by molar-refractivity contribution is 5.87. The summed E-state index contributed by atoms with van der Waals surface area (Å²) < 4.78 is 5.26. The fourth-order valence-electron chi connectivity index (χ4n) is 2.41. The molecule has 1 unspecified atom stereocenters. The first-order valence-electron chi connectivity index (χ1n) is 7.35. The number of hydrogen-bond acceptors (Lipinski definition) is 4.